The van der Waals surface area contributed by atoms with Gasteiger partial charge in [-0.25, -0.2) is 0 Å². The third-order valence-electron chi connectivity index (χ3n) is 11.6. The summed E-state index contributed by atoms with van der Waals surface area (Å²) < 4.78 is 45.7. The first kappa shape index (κ1) is 28.1. The first-order chi connectivity index (χ1) is 30.4. The summed E-state index contributed by atoms with van der Waals surface area (Å²) in [5, 5.41) is 2.27. The van der Waals surface area contributed by atoms with Crippen molar-refractivity contribution >= 4 is 38.9 Å². The predicted octanol–water partition coefficient (Wildman–Crippen LogP) is 14.3. The Balaban J connectivity index is 1.08. The molecule has 0 atom stereocenters. The molecule has 1 heterocycles. The number of hydrogen-bond donors (Lipinski definition) is 0. The van der Waals surface area contributed by atoms with Gasteiger partial charge in [-0.1, -0.05) is 164 Å². The standard InChI is InChI=1S/C55H38N2/c1-4-16-39(17-5-1)40-28-31-44(32-29-40)56(43-20-8-3-9-21-43)45-33-35-46(36-34-45)57-53-27-15-12-24-49(53)50-38-42(30-37-54(50)57)55(41-18-6-2-7-19-41)51-25-13-10-22-47(51)48-23-11-14-26-52(48)55/h1-38H/i3D,8D,9D,20D,21D. The van der Waals surface area contributed by atoms with Crippen LogP contribution in [0.3, 0.4) is 0 Å². The van der Waals surface area contributed by atoms with Gasteiger partial charge in [0.2, 0.25) is 0 Å². The summed E-state index contributed by atoms with van der Waals surface area (Å²) in [6.07, 6.45) is 0. The zero-order valence-electron chi connectivity index (χ0n) is 35.9. The number of hydrogen-bond acceptors (Lipinski definition) is 1. The zero-order valence-corrected chi connectivity index (χ0v) is 30.9. The van der Waals surface area contributed by atoms with E-state index in [0.717, 1.165) is 38.6 Å². The molecule has 0 radical (unpaired) electrons. The van der Waals surface area contributed by atoms with Gasteiger partial charge in [-0.15, -0.1) is 0 Å². The lowest BCUT2D eigenvalue weighted by Gasteiger charge is -2.34. The Morgan fingerprint density at radius 1 is 0.404 bits per heavy atom. The monoisotopic (exact) mass is 731 g/mol. The maximum absolute atomic E-state index is 8.99. The first-order valence-electron chi connectivity index (χ1n) is 21.8. The topological polar surface area (TPSA) is 8.17 Å². The molecule has 0 fully saturated rings. The van der Waals surface area contributed by atoms with Crippen molar-refractivity contribution in [3.63, 3.8) is 0 Å². The van der Waals surface area contributed by atoms with Crippen molar-refractivity contribution in [1.29, 1.82) is 0 Å². The summed E-state index contributed by atoms with van der Waals surface area (Å²) >= 11 is 0. The minimum Gasteiger partial charge on any atom is -0.311 e. The van der Waals surface area contributed by atoms with Crippen molar-refractivity contribution in [2.75, 3.05) is 4.90 Å². The Hall–Kier alpha value is -7.42. The molecule has 1 aliphatic carbocycles. The second-order valence-corrected chi connectivity index (χ2v) is 14.5. The average Bonchev–Trinajstić information content (AvgIpc) is 3.83. The van der Waals surface area contributed by atoms with Gasteiger partial charge < -0.3 is 9.47 Å². The maximum atomic E-state index is 8.99. The lowest BCUT2D eigenvalue weighted by molar-refractivity contribution is 0.770. The van der Waals surface area contributed by atoms with E-state index in [1.807, 2.05) is 78.9 Å². The quantitative estimate of drug-likeness (QED) is 0.158. The van der Waals surface area contributed by atoms with Crippen LogP contribution in [0, 0.1) is 0 Å². The maximum Gasteiger partial charge on any atom is 0.0713 e. The van der Waals surface area contributed by atoms with Crippen LogP contribution in [0.4, 0.5) is 17.1 Å². The molecule has 1 aromatic heterocycles. The minimum atomic E-state index is -0.528. The first-order valence-corrected chi connectivity index (χ1v) is 19.3. The summed E-state index contributed by atoms with van der Waals surface area (Å²) in [6.45, 7) is 0. The molecule has 10 aromatic rings. The normalized spacial score (nSPS) is 13.9. The van der Waals surface area contributed by atoms with Gasteiger partial charge in [0.05, 0.1) is 23.3 Å². The average molecular weight is 732 g/mol. The zero-order chi connectivity index (χ0) is 42.1. The van der Waals surface area contributed by atoms with Gasteiger partial charge >= 0.3 is 0 Å². The van der Waals surface area contributed by atoms with E-state index in [9.17, 15) is 0 Å². The van der Waals surface area contributed by atoms with Gasteiger partial charge in [0.25, 0.3) is 0 Å². The third kappa shape index (κ3) is 5.18. The molecule has 0 spiro atoms. The summed E-state index contributed by atoms with van der Waals surface area (Å²) in [6, 6.07) is 68.1. The molecule has 2 heteroatoms. The van der Waals surface area contributed by atoms with Crippen LogP contribution >= 0.6 is 0 Å². The molecule has 0 saturated carbocycles. The van der Waals surface area contributed by atoms with Crippen molar-refractivity contribution in [2.24, 2.45) is 0 Å². The van der Waals surface area contributed by atoms with E-state index in [1.54, 1.807) is 4.90 Å². The van der Waals surface area contributed by atoms with Gasteiger partial charge in [-0.2, -0.15) is 0 Å². The molecule has 0 saturated heterocycles. The van der Waals surface area contributed by atoms with Crippen molar-refractivity contribution in [2.45, 2.75) is 5.41 Å². The predicted molar refractivity (Wildman–Crippen MR) is 238 cm³/mol. The molecule has 9 aromatic carbocycles. The number of rotatable bonds is 7. The van der Waals surface area contributed by atoms with Crippen LogP contribution < -0.4 is 4.90 Å². The minimum absolute atomic E-state index is 0.0861. The van der Waals surface area contributed by atoms with E-state index in [1.165, 1.54) is 33.4 Å². The fraction of sp³-hybridized carbons (Fsp3) is 0.0182. The number of aromatic nitrogens is 1. The highest BCUT2D eigenvalue weighted by Gasteiger charge is 2.46. The van der Waals surface area contributed by atoms with E-state index >= 15 is 0 Å². The summed E-state index contributed by atoms with van der Waals surface area (Å²) in [4.78, 5) is 1.76. The van der Waals surface area contributed by atoms with Gasteiger partial charge in [0, 0.05) is 33.5 Å². The van der Waals surface area contributed by atoms with E-state index in [2.05, 4.69) is 126 Å². The largest absolute Gasteiger partial charge is 0.311 e. The Bertz CT molecular complexity index is 3270. The fourth-order valence-electron chi connectivity index (χ4n) is 9.14. The van der Waals surface area contributed by atoms with Crippen molar-refractivity contribution in [1.82, 2.24) is 4.57 Å². The Kier molecular flexibility index (Phi) is 6.60. The lowest BCUT2D eigenvalue weighted by Crippen LogP contribution is -2.28. The molecule has 0 amide bonds. The molecule has 2 nitrogen and oxygen atoms in total. The van der Waals surface area contributed by atoms with Crippen LogP contribution in [-0.4, -0.2) is 4.57 Å². The van der Waals surface area contributed by atoms with Crippen molar-refractivity contribution in [3.8, 4) is 27.9 Å². The summed E-state index contributed by atoms with van der Waals surface area (Å²) in [5.74, 6) is 0. The molecule has 0 unspecified atom stereocenters. The number of benzene rings is 9. The molecular weight excluding hydrogens is 689 g/mol. The molecule has 11 rings (SSSR count). The Labute approximate surface area is 340 Å². The highest BCUT2D eigenvalue weighted by Crippen LogP contribution is 2.56. The number of nitrogens with zero attached hydrogens (tertiary/aromatic N) is 2. The SMILES string of the molecule is [2H]c1c([2H])c([2H])c(N(c2ccc(-c3ccccc3)cc2)c2ccc(-n3c4ccccc4c4cc(C5(c6ccccc6)c6ccccc6-c6ccccc65)ccc43)cc2)c([2H])c1[2H]. The third-order valence-corrected chi connectivity index (χ3v) is 11.6. The van der Waals surface area contributed by atoms with Crippen LogP contribution in [0.5, 0.6) is 0 Å². The smallest absolute Gasteiger partial charge is 0.0713 e. The van der Waals surface area contributed by atoms with Crippen LogP contribution in [0.1, 0.15) is 29.1 Å². The van der Waals surface area contributed by atoms with E-state index in [4.69, 9.17) is 6.85 Å². The van der Waals surface area contributed by atoms with Gasteiger partial charge in [-0.05, 0) is 111 Å². The number of para-hydroxylation sites is 2. The molecule has 1 aliphatic rings. The Morgan fingerprint density at radius 3 is 1.63 bits per heavy atom. The Morgan fingerprint density at radius 2 is 0.947 bits per heavy atom. The summed E-state index contributed by atoms with van der Waals surface area (Å²) in [7, 11) is 0. The van der Waals surface area contributed by atoms with Gasteiger partial charge in [0.1, 0.15) is 0 Å². The second-order valence-electron chi connectivity index (χ2n) is 14.5. The van der Waals surface area contributed by atoms with Crippen LogP contribution in [0.2, 0.25) is 0 Å². The fourth-order valence-corrected chi connectivity index (χ4v) is 9.14. The van der Waals surface area contributed by atoms with Gasteiger partial charge in [0.15, 0.2) is 0 Å². The number of fused-ring (bicyclic) bond motifs is 6. The number of anilines is 3. The van der Waals surface area contributed by atoms with Crippen LogP contribution in [0.15, 0.2) is 230 Å². The summed E-state index contributed by atoms with van der Waals surface area (Å²) in [5.41, 5.74) is 13.5. The molecule has 57 heavy (non-hydrogen) atoms. The molecule has 0 N–H and O–H groups in total. The van der Waals surface area contributed by atoms with E-state index in [0.29, 0.717) is 11.4 Å². The molecule has 268 valence electrons. The van der Waals surface area contributed by atoms with Crippen molar-refractivity contribution < 1.29 is 6.85 Å². The van der Waals surface area contributed by atoms with Crippen LogP contribution in [-0.2, 0) is 5.41 Å². The van der Waals surface area contributed by atoms with Gasteiger partial charge in [-0.3, -0.25) is 0 Å². The van der Waals surface area contributed by atoms with Crippen LogP contribution in [0.25, 0.3) is 49.7 Å². The molecule has 0 aliphatic heterocycles. The second kappa shape index (κ2) is 13.4. The molecule has 0 bridgehead atoms. The highest BCUT2D eigenvalue weighted by atomic mass is 15.1. The highest BCUT2D eigenvalue weighted by molar-refractivity contribution is 6.10. The lowest BCUT2D eigenvalue weighted by atomic mass is 9.67. The molecular formula is C55H38N2. The van der Waals surface area contributed by atoms with E-state index in [-0.39, 0.29) is 29.9 Å². The van der Waals surface area contributed by atoms with E-state index < -0.39 is 11.5 Å². The van der Waals surface area contributed by atoms with Crippen molar-refractivity contribution in [3.05, 3.63) is 253 Å².